The molecule has 2 fully saturated rings. The number of morpholine rings is 1. The van der Waals surface area contributed by atoms with Gasteiger partial charge in [0.15, 0.2) is 5.17 Å². The zero-order valence-electron chi connectivity index (χ0n) is 19.9. The molecule has 1 saturated carbocycles. The Kier molecular flexibility index (Phi) is 6.09. The van der Waals surface area contributed by atoms with Crippen molar-refractivity contribution in [2.75, 3.05) is 19.7 Å². The molecule has 1 unspecified atom stereocenters. The maximum Gasteiger partial charge on any atom is 0.239 e. The van der Waals surface area contributed by atoms with Crippen molar-refractivity contribution in [3.8, 4) is 6.07 Å². The molecule has 10 heteroatoms. The number of hydrogen-bond donors (Lipinski definition) is 1. The number of thioether (sulfide) groups is 1. The molecule has 2 N–H and O–H groups in total. The molecule has 3 heterocycles. The average molecular weight is 510 g/mol. The largest absolute Gasteiger partial charge is 0.378 e. The van der Waals surface area contributed by atoms with Gasteiger partial charge in [0.05, 0.1) is 29.5 Å². The molecule has 0 radical (unpaired) electrons. The summed E-state index contributed by atoms with van der Waals surface area (Å²) in [5, 5.41) is 9.14. The van der Waals surface area contributed by atoms with Crippen LogP contribution in [0.4, 0.5) is 8.78 Å². The Morgan fingerprint density at radius 2 is 2.19 bits per heavy atom. The van der Waals surface area contributed by atoms with Gasteiger partial charge >= 0.3 is 0 Å². The summed E-state index contributed by atoms with van der Waals surface area (Å²) in [5.74, 6) is -1.40. The molecule has 186 valence electrons. The van der Waals surface area contributed by atoms with Crippen molar-refractivity contribution in [2.24, 2.45) is 16.6 Å². The number of aromatic nitrogens is 1. The molecule has 1 aromatic carbocycles. The number of rotatable bonds is 4. The van der Waals surface area contributed by atoms with Crippen LogP contribution in [0.5, 0.6) is 0 Å². The second kappa shape index (κ2) is 8.98. The van der Waals surface area contributed by atoms with E-state index in [0.717, 1.165) is 0 Å². The number of fused-ring (bicyclic) bond motifs is 1. The van der Waals surface area contributed by atoms with E-state index in [2.05, 4.69) is 9.98 Å². The van der Waals surface area contributed by atoms with Crippen molar-refractivity contribution in [1.29, 1.82) is 5.26 Å². The van der Waals surface area contributed by atoms with Crippen LogP contribution >= 0.6 is 11.8 Å². The maximum atomic E-state index is 15.2. The van der Waals surface area contributed by atoms with Crippen LogP contribution in [0.3, 0.4) is 0 Å². The number of amides is 1. The molecular weight excluding hydrogens is 484 g/mol. The van der Waals surface area contributed by atoms with Crippen molar-refractivity contribution in [3.05, 3.63) is 64.7 Å². The lowest BCUT2D eigenvalue weighted by Gasteiger charge is -2.38. The van der Waals surface area contributed by atoms with Crippen LogP contribution in [0.2, 0.25) is 0 Å². The minimum Gasteiger partial charge on any atom is -0.378 e. The van der Waals surface area contributed by atoms with Crippen molar-refractivity contribution in [2.45, 2.75) is 36.7 Å². The molecular formula is C26H25F2N5O2S. The number of carbonyl (C=O) groups excluding carboxylic acids is 1. The number of ether oxygens (including phenoxy) is 1. The third-order valence-electron chi connectivity index (χ3n) is 7.07. The summed E-state index contributed by atoms with van der Waals surface area (Å²) >= 11 is 1.25. The monoisotopic (exact) mass is 509 g/mol. The van der Waals surface area contributed by atoms with Crippen molar-refractivity contribution in [1.82, 2.24) is 9.88 Å². The van der Waals surface area contributed by atoms with Crippen LogP contribution in [0.25, 0.3) is 11.9 Å². The van der Waals surface area contributed by atoms with E-state index in [0.29, 0.717) is 37.2 Å². The predicted octanol–water partition coefficient (Wildman–Crippen LogP) is 3.84. The minimum atomic E-state index is -1.08. The summed E-state index contributed by atoms with van der Waals surface area (Å²) in [6.45, 7) is 5.19. The quantitative estimate of drug-likeness (QED) is 0.672. The van der Waals surface area contributed by atoms with Crippen molar-refractivity contribution in [3.63, 3.8) is 0 Å². The van der Waals surface area contributed by atoms with Gasteiger partial charge in [0.2, 0.25) is 5.91 Å². The fraction of sp³-hybridized carbons (Fsp3) is 0.385. The number of aliphatic imine (C=N–C) groups is 1. The third-order valence-corrected chi connectivity index (χ3v) is 8.36. The second-order valence-electron chi connectivity index (χ2n) is 9.55. The number of pyridine rings is 1. The predicted molar refractivity (Wildman–Crippen MR) is 134 cm³/mol. The number of nitrogens with zero attached hydrogens (tertiary/aromatic N) is 4. The number of carbonyl (C=O) groups is 1. The van der Waals surface area contributed by atoms with E-state index in [9.17, 15) is 9.18 Å². The van der Waals surface area contributed by atoms with Crippen molar-refractivity contribution < 1.29 is 18.3 Å². The highest BCUT2D eigenvalue weighted by molar-refractivity contribution is 8.15. The number of hydrogen-bond acceptors (Lipinski definition) is 7. The molecule has 0 bridgehead atoms. The minimum absolute atomic E-state index is 0.0221. The Labute approximate surface area is 212 Å². The van der Waals surface area contributed by atoms with E-state index in [4.69, 9.17) is 15.7 Å². The van der Waals surface area contributed by atoms with E-state index >= 15 is 4.39 Å². The van der Waals surface area contributed by atoms with Crippen LogP contribution in [0, 0.1) is 23.1 Å². The van der Waals surface area contributed by atoms with Crippen LogP contribution in [-0.2, 0) is 15.1 Å². The molecule has 2 aliphatic heterocycles. The van der Waals surface area contributed by atoms with Crippen LogP contribution in [-0.4, -0.2) is 51.5 Å². The van der Waals surface area contributed by atoms with Gasteiger partial charge < -0.3 is 15.4 Å². The van der Waals surface area contributed by atoms with Crippen LogP contribution in [0.15, 0.2) is 41.5 Å². The number of halogens is 2. The summed E-state index contributed by atoms with van der Waals surface area (Å²) in [6, 6.07) is 9.12. The lowest BCUT2D eigenvalue weighted by atomic mass is 9.84. The molecule has 1 amide bonds. The molecule has 4 atom stereocenters. The van der Waals surface area contributed by atoms with E-state index in [1.54, 1.807) is 17.9 Å². The van der Waals surface area contributed by atoms with Gasteiger partial charge in [0.1, 0.15) is 22.5 Å². The van der Waals surface area contributed by atoms with Gasteiger partial charge in [-0.05, 0) is 56.2 Å². The number of amidine groups is 1. The summed E-state index contributed by atoms with van der Waals surface area (Å²) in [5.41, 5.74) is 6.19. The number of nitriles is 1. The first-order valence-corrected chi connectivity index (χ1v) is 12.5. The standard InChI is InChI=1S/C26H25F2N5O2S/c1-15-14-33(7-8-35-15)23(34)26-11-22(26)25(2,32-24(30)36-26)18-9-16(3-5-19(18)27)10-20(28)21-6-4-17(12-29)13-31-21/h3-6,9-10,13,15,22H,7-8,11,14H2,1-2H3,(H2,30,32)/b20-10-/t15?,22-,25+,26-/m0/s1. The average Bonchev–Trinajstić information content (AvgIpc) is 3.61. The summed E-state index contributed by atoms with van der Waals surface area (Å²) in [4.78, 5) is 24.0. The molecule has 0 spiro atoms. The lowest BCUT2D eigenvalue weighted by molar-refractivity contribution is -0.138. The van der Waals surface area contributed by atoms with Gasteiger partial charge in [-0.15, -0.1) is 0 Å². The van der Waals surface area contributed by atoms with Gasteiger partial charge in [-0.3, -0.25) is 14.8 Å². The van der Waals surface area contributed by atoms with Crippen LogP contribution in [0.1, 0.15) is 42.7 Å². The molecule has 1 saturated heterocycles. The maximum absolute atomic E-state index is 15.2. The van der Waals surface area contributed by atoms with Gasteiger partial charge in [0.25, 0.3) is 0 Å². The molecule has 1 aromatic heterocycles. The molecule has 7 nitrogen and oxygen atoms in total. The van der Waals surface area contributed by atoms with Gasteiger partial charge in [-0.1, -0.05) is 17.8 Å². The molecule has 5 rings (SSSR count). The second-order valence-corrected chi connectivity index (χ2v) is 10.9. The topological polar surface area (TPSA) is 105 Å². The van der Waals surface area contributed by atoms with Gasteiger partial charge in [-0.2, -0.15) is 5.26 Å². The molecule has 2 aromatic rings. The van der Waals surface area contributed by atoms with E-state index in [-0.39, 0.29) is 34.4 Å². The highest BCUT2D eigenvalue weighted by Gasteiger charge is 2.71. The molecule has 1 aliphatic carbocycles. The zero-order chi connectivity index (χ0) is 25.7. The Bertz CT molecular complexity index is 1320. The van der Waals surface area contributed by atoms with E-state index in [1.165, 1.54) is 48.3 Å². The molecule has 36 heavy (non-hydrogen) atoms. The third kappa shape index (κ3) is 4.16. The Hall–Kier alpha value is -3.29. The smallest absolute Gasteiger partial charge is 0.239 e. The van der Waals surface area contributed by atoms with Gasteiger partial charge in [0, 0.05) is 30.8 Å². The number of nitrogens with two attached hydrogens (primary N) is 1. The Morgan fingerprint density at radius 3 is 2.89 bits per heavy atom. The summed E-state index contributed by atoms with van der Waals surface area (Å²) in [7, 11) is 0. The van der Waals surface area contributed by atoms with Crippen LogP contribution < -0.4 is 5.73 Å². The van der Waals surface area contributed by atoms with Gasteiger partial charge in [-0.25, -0.2) is 8.78 Å². The SMILES string of the molecule is CC1CN(C(=O)[C@]23C[C@H]2[C@@](C)(c2cc(/C=C(\F)c4ccc(C#N)cn4)ccc2F)N=C(N)S3)CCO1. The van der Waals surface area contributed by atoms with Crippen molar-refractivity contribution >= 4 is 34.7 Å². The highest BCUT2D eigenvalue weighted by Crippen LogP contribution is 2.66. The molecule has 3 aliphatic rings. The fourth-order valence-electron chi connectivity index (χ4n) is 5.17. The lowest BCUT2D eigenvalue weighted by Crippen LogP contribution is -2.51. The summed E-state index contributed by atoms with van der Waals surface area (Å²) in [6.07, 6.45) is 3.01. The number of benzene rings is 1. The fourth-order valence-corrected chi connectivity index (χ4v) is 6.61. The summed E-state index contributed by atoms with van der Waals surface area (Å²) < 4.78 is 34.9. The highest BCUT2D eigenvalue weighted by atomic mass is 32.2. The first-order valence-electron chi connectivity index (χ1n) is 11.7. The first-order chi connectivity index (χ1) is 17.2. The first kappa shape index (κ1) is 24.4. The Balaban J connectivity index is 1.46. The normalized spacial score (nSPS) is 29.7. The zero-order valence-corrected chi connectivity index (χ0v) is 20.7. The van der Waals surface area contributed by atoms with E-state index < -0.39 is 21.9 Å². The Morgan fingerprint density at radius 1 is 1.39 bits per heavy atom. The van der Waals surface area contributed by atoms with E-state index in [1.807, 2.05) is 13.0 Å².